The van der Waals surface area contributed by atoms with Crippen LogP contribution in [0.3, 0.4) is 0 Å². The number of nitrogens with zero attached hydrogens (tertiary/aromatic N) is 1. The molecule has 0 amide bonds. The van der Waals surface area contributed by atoms with Crippen molar-refractivity contribution in [3.63, 3.8) is 0 Å². The van der Waals surface area contributed by atoms with Gasteiger partial charge in [0.2, 0.25) is 0 Å². The van der Waals surface area contributed by atoms with Gasteiger partial charge in [-0.15, -0.1) is 24.8 Å². The van der Waals surface area contributed by atoms with Gasteiger partial charge in [-0.05, 0) is 44.2 Å². The molecule has 0 atom stereocenters. The number of hydrogen-bond donors (Lipinski definition) is 2. The first-order valence-corrected chi connectivity index (χ1v) is 6.93. The molecule has 0 aliphatic rings. The summed E-state index contributed by atoms with van der Waals surface area (Å²) in [6.07, 6.45) is 1.08. The van der Waals surface area contributed by atoms with Gasteiger partial charge in [0.15, 0.2) is 0 Å². The average Bonchev–Trinajstić information content (AvgIpc) is 2.43. The van der Waals surface area contributed by atoms with E-state index in [1.807, 2.05) is 12.1 Å². The molecule has 0 radical (unpaired) electrons. The van der Waals surface area contributed by atoms with Crippen LogP contribution in [0, 0.1) is 0 Å². The van der Waals surface area contributed by atoms with Gasteiger partial charge in [-0.2, -0.15) is 0 Å². The van der Waals surface area contributed by atoms with E-state index >= 15 is 0 Å². The van der Waals surface area contributed by atoms with E-state index in [0.717, 1.165) is 38.2 Å². The van der Waals surface area contributed by atoms with E-state index < -0.39 is 5.97 Å². The van der Waals surface area contributed by atoms with Crippen molar-refractivity contribution in [1.82, 2.24) is 10.2 Å². The number of carboxylic acid groups (broad SMARTS) is 1. The first kappa shape index (κ1) is 22.5. The number of halogens is 2. The minimum absolute atomic E-state index is 0. The van der Waals surface area contributed by atoms with E-state index in [-0.39, 0.29) is 24.8 Å². The van der Waals surface area contributed by atoms with Gasteiger partial charge in [-0.1, -0.05) is 32.0 Å². The number of aromatic carboxylic acids is 1. The third kappa shape index (κ3) is 8.27. The van der Waals surface area contributed by atoms with Crippen molar-refractivity contribution >= 4 is 30.8 Å². The number of benzene rings is 1. The maximum absolute atomic E-state index is 11.0. The molecule has 122 valence electrons. The molecular formula is C15H26Cl2N2O2. The summed E-state index contributed by atoms with van der Waals surface area (Å²) in [6, 6.07) is 7.14. The molecule has 1 rings (SSSR count). The maximum Gasteiger partial charge on any atom is 0.336 e. The molecule has 0 aliphatic carbocycles. The van der Waals surface area contributed by atoms with Crippen LogP contribution in [-0.4, -0.2) is 42.2 Å². The number of carbonyl (C=O) groups is 1. The predicted octanol–water partition coefficient (Wildman–Crippen LogP) is 3.05. The lowest BCUT2D eigenvalue weighted by atomic mass is 10.1. The minimum atomic E-state index is -0.861. The maximum atomic E-state index is 11.0. The Morgan fingerprint density at radius 3 is 2.38 bits per heavy atom. The molecular weight excluding hydrogens is 311 g/mol. The third-order valence-corrected chi connectivity index (χ3v) is 3.29. The molecule has 0 heterocycles. The first-order valence-electron chi connectivity index (χ1n) is 6.93. The van der Waals surface area contributed by atoms with Crippen LogP contribution in [0.1, 0.15) is 36.2 Å². The van der Waals surface area contributed by atoms with Crippen molar-refractivity contribution in [3.05, 3.63) is 35.4 Å². The van der Waals surface area contributed by atoms with Crippen LogP contribution >= 0.6 is 24.8 Å². The van der Waals surface area contributed by atoms with Crippen molar-refractivity contribution < 1.29 is 9.90 Å². The Hall–Kier alpha value is -0.810. The number of hydrogen-bond acceptors (Lipinski definition) is 3. The van der Waals surface area contributed by atoms with Gasteiger partial charge in [0.25, 0.3) is 0 Å². The molecule has 0 spiro atoms. The van der Waals surface area contributed by atoms with Crippen molar-refractivity contribution in [2.75, 3.05) is 26.2 Å². The fraction of sp³-hybridized carbons (Fsp3) is 0.533. The Labute approximate surface area is 139 Å². The van der Waals surface area contributed by atoms with Gasteiger partial charge in [0.1, 0.15) is 0 Å². The zero-order chi connectivity index (χ0) is 14.1. The summed E-state index contributed by atoms with van der Waals surface area (Å²) in [6.45, 7) is 9.10. The Kier molecular flexibility index (Phi) is 13.8. The molecule has 0 aliphatic heterocycles. The summed E-state index contributed by atoms with van der Waals surface area (Å²) in [5.41, 5.74) is 1.23. The second-order valence-electron chi connectivity index (χ2n) is 4.52. The van der Waals surface area contributed by atoms with E-state index in [2.05, 4.69) is 24.1 Å². The Morgan fingerprint density at radius 2 is 1.81 bits per heavy atom. The standard InChI is InChI=1S/C15H24N2O2.2ClH/c1-3-17(4-2)11-7-10-16-12-13-8-5-6-9-14(13)15(18)19;;/h5-6,8-9,16H,3-4,7,10-12H2,1-2H3,(H,18,19);2*1H. The minimum Gasteiger partial charge on any atom is -0.478 e. The summed E-state index contributed by atoms with van der Waals surface area (Å²) in [5.74, 6) is -0.861. The average molecular weight is 337 g/mol. The number of carboxylic acids is 1. The van der Waals surface area contributed by atoms with Crippen molar-refractivity contribution in [3.8, 4) is 0 Å². The topological polar surface area (TPSA) is 52.6 Å². The molecule has 2 N–H and O–H groups in total. The van der Waals surface area contributed by atoms with E-state index in [1.165, 1.54) is 0 Å². The van der Waals surface area contributed by atoms with Gasteiger partial charge in [-0.3, -0.25) is 0 Å². The molecule has 0 unspecified atom stereocenters. The number of nitrogens with one attached hydrogen (secondary N) is 1. The Morgan fingerprint density at radius 1 is 1.19 bits per heavy atom. The van der Waals surface area contributed by atoms with E-state index in [4.69, 9.17) is 5.11 Å². The first-order chi connectivity index (χ1) is 9.19. The summed E-state index contributed by atoms with van der Waals surface area (Å²) in [4.78, 5) is 13.4. The van der Waals surface area contributed by atoms with Gasteiger partial charge in [0, 0.05) is 6.54 Å². The van der Waals surface area contributed by atoms with Crippen LogP contribution in [0.15, 0.2) is 24.3 Å². The van der Waals surface area contributed by atoms with E-state index in [9.17, 15) is 4.79 Å². The summed E-state index contributed by atoms with van der Waals surface area (Å²) in [7, 11) is 0. The molecule has 0 fully saturated rings. The Bertz CT molecular complexity index is 399. The highest BCUT2D eigenvalue weighted by molar-refractivity contribution is 5.89. The van der Waals surface area contributed by atoms with Crippen molar-refractivity contribution in [2.45, 2.75) is 26.8 Å². The van der Waals surface area contributed by atoms with Gasteiger partial charge < -0.3 is 15.3 Å². The molecule has 1 aromatic carbocycles. The van der Waals surface area contributed by atoms with Crippen LogP contribution < -0.4 is 5.32 Å². The highest BCUT2D eigenvalue weighted by atomic mass is 35.5. The summed E-state index contributed by atoms with van der Waals surface area (Å²) >= 11 is 0. The summed E-state index contributed by atoms with van der Waals surface area (Å²) in [5, 5.41) is 12.4. The molecule has 0 aromatic heterocycles. The van der Waals surface area contributed by atoms with E-state index in [1.54, 1.807) is 12.1 Å². The second-order valence-corrected chi connectivity index (χ2v) is 4.52. The molecule has 0 saturated heterocycles. The highest BCUT2D eigenvalue weighted by Crippen LogP contribution is 2.08. The molecule has 0 bridgehead atoms. The van der Waals surface area contributed by atoms with Crippen LogP contribution in [-0.2, 0) is 6.54 Å². The fourth-order valence-corrected chi connectivity index (χ4v) is 2.07. The van der Waals surface area contributed by atoms with Crippen molar-refractivity contribution in [2.24, 2.45) is 0 Å². The molecule has 4 nitrogen and oxygen atoms in total. The number of rotatable bonds is 9. The largest absolute Gasteiger partial charge is 0.478 e. The molecule has 21 heavy (non-hydrogen) atoms. The lowest BCUT2D eigenvalue weighted by Crippen LogP contribution is -2.27. The van der Waals surface area contributed by atoms with Crippen LogP contribution in [0.25, 0.3) is 0 Å². The quantitative estimate of drug-likeness (QED) is 0.680. The molecule has 0 saturated carbocycles. The van der Waals surface area contributed by atoms with Gasteiger partial charge >= 0.3 is 5.97 Å². The second kappa shape index (κ2) is 12.9. The lowest BCUT2D eigenvalue weighted by molar-refractivity contribution is 0.0695. The smallest absolute Gasteiger partial charge is 0.336 e. The van der Waals surface area contributed by atoms with Crippen LogP contribution in [0.2, 0.25) is 0 Å². The monoisotopic (exact) mass is 336 g/mol. The lowest BCUT2D eigenvalue weighted by Gasteiger charge is -2.17. The van der Waals surface area contributed by atoms with Gasteiger partial charge in [0.05, 0.1) is 5.56 Å². The molecule has 1 aromatic rings. The fourth-order valence-electron chi connectivity index (χ4n) is 2.07. The van der Waals surface area contributed by atoms with E-state index in [0.29, 0.717) is 12.1 Å². The zero-order valence-corrected chi connectivity index (χ0v) is 14.3. The third-order valence-electron chi connectivity index (χ3n) is 3.29. The van der Waals surface area contributed by atoms with Gasteiger partial charge in [-0.25, -0.2) is 4.79 Å². The zero-order valence-electron chi connectivity index (χ0n) is 12.7. The molecule has 6 heteroatoms. The predicted molar refractivity (Wildman–Crippen MR) is 92.0 cm³/mol. The summed E-state index contributed by atoms with van der Waals surface area (Å²) < 4.78 is 0. The van der Waals surface area contributed by atoms with Crippen molar-refractivity contribution in [1.29, 1.82) is 0 Å². The highest BCUT2D eigenvalue weighted by Gasteiger charge is 2.07. The van der Waals surface area contributed by atoms with Crippen LogP contribution in [0.4, 0.5) is 0 Å². The normalized spacial score (nSPS) is 9.86. The SMILES string of the molecule is CCN(CC)CCCNCc1ccccc1C(=O)O.Cl.Cl. The van der Waals surface area contributed by atoms with Crippen LogP contribution in [0.5, 0.6) is 0 Å². The Balaban J connectivity index is 0.